The number of hydrogen-bond donors (Lipinski definition) is 1. The molecule has 0 saturated carbocycles. The van der Waals surface area contributed by atoms with Crippen LogP contribution in [0.2, 0.25) is 5.02 Å². The SMILES string of the molecule is O=C(OCc1ccccc1Cl)C1NCCc2ccccc21. The van der Waals surface area contributed by atoms with Crippen LogP contribution in [0.4, 0.5) is 0 Å². The molecule has 4 heteroatoms. The van der Waals surface area contributed by atoms with Crippen LogP contribution in [0.3, 0.4) is 0 Å². The van der Waals surface area contributed by atoms with E-state index in [1.807, 2.05) is 36.4 Å². The molecular formula is C17H16ClNO2. The first-order chi connectivity index (χ1) is 10.3. The van der Waals surface area contributed by atoms with Gasteiger partial charge in [0.05, 0.1) is 0 Å². The molecule has 2 aromatic carbocycles. The second-order valence-electron chi connectivity index (χ2n) is 5.04. The lowest BCUT2D eigenvalue weighted by Gasteiger charge is -2.25. The van der Waals surface area contributed by atoms with E-state index in [4.69, 9.17) is 16.3 Å². The van der Waals surface area contributed by atoms with Crippen molar-refractivity contribution in [1.82, 2.24) is 5.32 Å². The van der Waals surface area contributed by atoms with Gasteiger partial charge in [-0.2, -0.15) is 0 Å². The van der Waals surface area contributed by atoms with Crippen molar-refractivity contribution in [3.63, 3.8) is 0 Å². The predicted molar refractivity (Wildman–Crippen MR) is 82.1 cm³/mol. The zero-order valence-electron chi connectivity index (χ0n) is 11.5. The lowest BCUT2D eigenvalue weighted by Crippen LogP contribution is -2.36. The van der Waals surface area contributed by atoms with Crippen LogP contribution < -0.4 is 5.32 Å². The van der Waals surface area contributed by atoms with Gasteiger partial charge in [-0.05, 0) is 23.6 Å². The molecule has 1 heterocycles. The van der Waals surface area contributed by atoms with E-state index in [1.54, 1.807) is 6.07 Å². The maximum absolute atomic E-state index is 12.3. The van der Waals surface area contributed by atoms with Gasteiger partial charge in [0.1, 0.15) is 12.6 Å². The second-order valence-corrected chi connectivity index (χ2v) is 5.44. The number of fused-ring (bicyclic) bond motifs is 1. The molecule has 1 aliphatic heterocycles. The Morgan fingerprint density at radius 1 is 1.19 bits per heavy atom. The summed E-state index contributed by atoms with van der Waals surface area (Å²) < 4.78 is 5.42. The number of esters is 1. The van der Waals surface area contributed by atoms with Crippen molar-refractivity contribution in [2.45, 2.75) is 19.1 Å². The average Bonchev–Trinajstić information content (AvgIpc) is 2.53. The molecule has 3 nitrogen and oxygen atoms in total. The van der Waals surface area contributed by atoms with E-state index in [9.17, 15) is 4.79 Å². The molecule has 108 valence electrons. The summed E-state index contributed by atoms with van der Waals surface area (Å²) in [5, 5.41) is 3.83. The maximum atomic E-state index is 12.3. The Labute approximate surface area is 128 Å². The highest BCUT2D eigenvalue weighted by Crippen LogP contribution is 2.24. The maximum Gasteiger partial charge on any atom is 0.328 e. The minimum Gasteiger partial charge on any atom is -0.459 e. The van der Waals surface area contributed by atoms with Gasteiger partial charge in [-0.1, -0.05) is 54.1 Å². The molecule has 21 heavy (non-hydrogen) atoms. The quantitative estimate of drug-likeness (QED) is 0.884. The van der Waals surface area contributed by atoms with Crippen LogP contribution in [0.1, 0.15) is 22.7 Å². The molecule has 1 atom stereocenters. The number of ether oxygens (including phenoxy) is 1. The number of carbonyl (C=O) groups is 1. The van der Waals surface area contributed by atoms with Gasteiger partial charge in [0.25, 0.3) is 0 Å². The summed E-state index contributed by atoms with van der Waals surface area (Å²) in [6.45, 7) is 0.974. The third-order valence-corrected chi connectivity index (χ3v) is 4.04. The Morgan fingerprint density at radius 3 is 2.81 bits per heavy atom. The zero-order chi connectivity index (χ0) is 14.7. The number of benzene rings is 2. The molecule has 0 radical (unpaired) electrons. The normalized spacial score (nSPS) is 17.1. The fourth-order valence-electron chi connectivity index (χ4n) is 2.56. The largest absolute Gasteiger partial charge is 0.459 e. The molecule has 0 saturated heterocycles. The average molecular weight is 302 g/mol. The minimum atomic E-state index is -0.391. The number of rotatable bonds is 3. The van der Waals surface area contributed by atoms with Crippen molar-refractivity contribution in [2.75, 3.05) is 6.54 Å². The van der Waals surface area contributed by atoms with Crippen molar-refractivity contribution >= 4 is 17.6 Å². The van der Waals surface area contributed by atoms with E-state index in [-0.39, 0.29) is 12.6 Å². The molecule has 0 aromatic heterocycles. The molecule has 1 unspecified atom stereocenters. The monoisotopic (exact) mass is 301 g/mol. The molecule has 1 aliphatic rings. The fraction of sp³-hybridized carbons (Fsp3) is 0.235. The van der Waals surface area contributed by atoms with Crippen LogP contribution in [-0.4, -0.2) is 12.5 Å². The van der Waals surface area contributed by atoms with Gasteiger partial charge in [0.2, 0.25) is 0 Å². The van der Waals surface area contributed by atoms with Crippen LogP contribution in [-0.2, 0) is 22.6 Å². The number of hydrogen-bond acceptors (Lipinski definition) is 3. The molecule has 0 bridgehead atoms. The van der Waals surface area contributed by atoms with E-state index in [1.165, 1.54) is 5.56 Å². The first-order valence-corrected chi connectivity index (χ1v) is 7.35. The van der Waals surface area contributed by atoms with Crippen LogP contribution >= 0.6 is 11.6 Å². The van der Waals surface area contributed by atoms with Crippen molar-refractivity contribution in [2.24, 2.45) is 0 Å². The van der Waals surface area contributed by atoms with Gasteiger partial charge in [-0.25, -0.2) is 4.79 Å². The van der Waals surface area contributed by atoms with Crippen molar-refractivity contribution in [1.29, 1.82) is 0 Å². The summed E-state index contributed by atoms with van der Waals surface area (Å²) >= 11 is 6.07. The topological polar surface area (TPSA) is 38.3 Å². The smallest absolute Gasteiger partial charge is 0.328 e. The van der Waals surface area contributed by atoms with Gasteiger partial charge in [0, 0.05) is 17.1 Å². The summed E-state index contributed by atoms with van der Waals surface area (Å²) in [6, 6.07) is 15.0. The Hall–Kier alpha value is -1.84. The van der Waals surface area contributed by atoms with E-state index >= 15 is 0 Å². The standard InChI is InChI=1S/C17H16ClNO2/c18-15-8-4-2-6-13(15)11-21-17(20)16-14-7-3-1-5-12(14)9-10-19-16/h1-8,16,19H,9-11H2. The highest BCUT2D eigenvalue weighted by Gasteiger charge is 2.27. The molecular weight excluding hydrogens is 286 g/mol. The Bertz CT molecular complexity index is 657. The zero-order valence-corrected chi connectivity index (χ0v) is 12.3. The summed E-state index contributed by atoms with van der Waals surface area (Å²) in [7, 11) is 0. The molecule has 2 aromatic rings. The van der Waals surface area contributed by atoms with E-state index < -0.39 is 6.04 Å². The highest BCUT2D eigenvalue weighted by atomic mass is 35.5. The third-order valence-electron chi connectivity index (χ3n) is 3.67. The Morgan fingerprint density at radius 2 is 1.95 bits per heavy atom. The first kappa shape index (κ1) is 14.1. The number of carbonyl (C=O) groups excluding carboxylic acids is 1. The van der Waals surface area contributed by atoms with E-state index in [2.05, 4.69) is 11.4 Å². The van der Waals surface area contributed by atoms with Gasteiger partial charge < -0.3 is 10.1 Å². The lowest BCUT2D eigenvalue weighted by atomic mass is 9.94. The van der Waals surface area contributed by atoms with Gasteiger partial charge in [-0.15, -0.1) is 0 Å². The molecule has 0 aliphatic carbocycles. The van der Waals surface area contributed by atoms with Gasteiger partial charge in [0.15, 0.2) is 0 Å². The van der Waals surface area contributed by atoms with Crippen LogP contribution in [0, 0.1) is 0 Å². The summed E-state index contributed by atoms with van der Waals surface area (Å²) in [6.07, 6.45) is 0.935. The van der Waals surface area contributed by atoms with Crippen molar-refractivity contribution in [3.05, 3.63) is 70.2 Å². The first-order valence-electron chi connectivity index (χ1n) is 6.97. The lowest BCUT2D eigenvalue weighted by molar-refractivity contribution is -0.147. The van der Waals surface area contributed by atoms with Crippen molar-refractivity contribution in [3.8, 4) is 0 Å². The van der Waals surface area contributed by atoms with Crippen molar-refractivity contribution < 1.29 is 9.53 Å². The predicted octanol–water partition coefficient (Wildman–Crippen LogP) is 3.27. The second kappa shape index (κ2) is 6.29. The molecule has 0 fully saturated rings. The Balaban J connectivity index is 1.71. The molecule has 1 N–H and O–H groups in total. The summed E-state index contributed by atoms with van der Waals surface area (Å²) in [4.78, 5) is 12.3. The molecule has 0 amide bonds. The molecule has 0 spiro atoms. The van der Waals surface area contributed by atoms with Crippen LogP contribution in [0.25, 0.3) is 0 Å². The van der Waals surface area contributed by atoms with E-state index in [0.717, 1.165) is 24.1 Å². The third kappa shape index (κ3) is 3.09. The Kier molecular flexibility index (Phi) is 4.23. The number of nitrogens with one attached hydrogen (secondary N) is 1. The minimum absolute atomic E-state index is 0.193. The van der Waals surface area contributed by atoms with Crippen LogP contribution in [0.15, 0.2) is 48.5 Å². The number of halogens is 1. The molecule has 3 rings (SSSR count). The summed E-state index contributed by atoms with van der Waals surface area (Å²) in [5.41, 5.74) is 3.03. The fourth-order valence-corrected chi connectivity index (χ4v) is 2.75. The van der Waals surface area contributed by atoms with Crippen LogP contribution in [0.5, 0.6) is 0 Å². The summed E-state index contributed by atoms with van der Waals surface area (Å²) in [5.74, 6) is -0.262. The van der Waals surface area contributed by atoms with Gasteiger partial charge >= 0.3 is 5.97 Å². The highest BCUT2D eigenvalue weighted by molar-refractivity contribution is 6.31. The van der Waals surface area contributed by atoms with Gasteiger partial charge in [-0.3, -0.25) is 0 Å². The van der Waals surface area contributed by atoms with E-state index in [0.29, 0.717) is 5.02 Å².